The first-order chi connectivity index (χ1) is 13.1. The van der Waals surface area contributed by atoms with Gasteiger partial charge in [-0.15, -0.1) is 0 Å². The molecule has 0 aliphatic carbocycles. The zero-order chi connectivity index (χ0) is 19.2. The van der Waals surface area contributed by atoms with Gasteiger partial charge in [0.25, 0.3) is 5.91 Å². The van der Waals surface area contributed by atoms with E-state index >= 15 is 0 Å². The predicted molar refractivity (Wildman–Crippen MR) is 104 cm³/mol. The number of amides is 1. The number of ether oxygens (including phenoxy) is 1. The molecule has 3 rings (SSSR count). The van der Waals surface area contributed by atoms with Crippen LogP contribution in [0, 0.1) is 0 Å². The highest BCUT2D eigenvalue weighted by atomic mass is 16.5. The van der Waals surface area contributed by atoms with Crippen LogP contribution in [-0.2, 0) is 6.54 Å². The molecule has 27 heavy (non-hydrogen) atoms. The van der Waals surface area contributed by atoms with E-state index in [9.17, 15) is 4.79 Å². The van der Waals surface area contributed by atoms with Crippen molar-refractivity contribution in [3.05, 3.63) is 35.7 Å². The van der Waals surface area contributed by atoms with Crippen LogP contribution in [0.1, 0.15) is 35.9 Å². The minimum absolute atomic E-state index is 0.174. The molecular weight excluding hydrogens is 344 g/mol. The van der Waals surface area contributed by atoms with E-state index in [0.717, 1.165) is 31.7 Å². The Morgan fingerprint density at radius 3 is 2.48 bits per heavy atom. The van der Waals surface area contributed by atoms with Gasteiger partial charge >= 0.3 is 0 Å². The molecule has 1 saturated heterocycles. The number of anilines is 2. The van der Waals surface area contributed by atoms with Gasteiger partial charge in [-0.05, 0) is 44.0 Å². The van der Waals surface area contributed by atoms with Gasteiger partial charge in [0.05, 0.1) is 13.2 Å². The number of rotatable bonds is 7. The molecule has 8 nitrogen and oxygen atoms in total. The van der Waals surface area contributed by atoms with Crippen LogP contribution in [0.25, 0.3) is 0 Å². The minimum atomic E-state index is -0.174. The van der Waals surface area contributed by atoms with Crippen molar-refractivity contribution in [2.24, 2.45) is 0 Å². The fourth-order valence-corrected chi connectivity index (χ4v) is 2.86. The first-order valence-corrected chi connectivity index (χ1v) is 9.25. The molecule has 0 bridgehead atoms. The number of benzene rings is 1. The Hall–Kier alpha value is -2.90. The number of aromatic nitrogens is 3. The van der Waals surface area contributed by atoms with Crippen LogP contribution in [0.3, 0.4) is 0 Å². The third-order valence-electron chi connectivity index (χ3n) is 4.28. The first kappa shape index (κ1) is 18.9. The normalized spacial score (nSPS) is 13.5. The highest BCUT2D eigenvalue weighted by molar-refractivity contribution is 5.94. The Labute approximate surface area is 159 Å². The number of hydrogen-bond acceptors (Lipinski definition) is 7. The number of nitrogens with one attached hydrogen (secondary N) is 1. The smallest absolute Gasteiger partial charge is 0.251 e. The summed E-state index contributed by atoms with van der Waals surface area (Å²) in [5.41, 5.74) is 0.570. The van der Waals surface area contributed by atoms with Crippen LogP contribution in [0.2, 0.25) is 0 Å². The van der Waals surface area contributed by atoms with E-state index in [4.69, 9.17) is 4.74 Å². The highest BCUT2D eigenvalue weighted by Gasteiger charge is 2.18. The fourth-order valence-electron chi connectivity index (χ4n) is 2.86. The van der Waals surface area contributed by atoms with Gasteiger partial charge in [0.2, 0.25) is 11.9 Å². The van der Waals surface area contributed by atoms with Crippen LogP contribution in [-0.4, -0.2) is 54.7 Å². The maximum Gasteiger partial charge on any atom is 0.251 e. The zero-order valence-corrected chi connectivity index (χ0v) is 16.1. The summed E-state index contributed by atoms with van der Waals surface area (Å²) in [6.07, 6.45) is 2.29. The number of hydrogen-bond donors (Lipinski definition) is 1. The summed E-state index contributed by atoms with van der Waals surface area (Å²) in [6.45, 7) is 4.67. The van der Waals surface area contributed by atoms with Gasteiger partial charge in [-0.3, -0.25) is 4.79 Å². The molecule has 0 atom stereocenters. The van der Waals surface area contributed by atoms with Crippen molar-refractivity contribution in [1.82, 2.24) is 20.3 Å². The van der Waals surface area contributed by atoms with E-state index in [0.29, 0.717) is 29.9 Å². The van der Waals surface area contributed by atoms with Gasteiger partial charge in [0.1, 0.15) is 5.75 Å². The Kier molecular flexibility index (Phi) is 6.05. The molecule has 8 heteroatoms. The molecule has 2 heterocycles. The maximum absolute atomic E-state index is 12.4. The zero-order valence-electron chi connectivity index (χ0n) is 16.1. The quantitative estimate of drug-likeness (QED) is 0.796. The van der Waals surface area contributed by atoms with E-state index in [-0.39, 0.29) is 12.5 Å². The van der Waals surface area contributed by atoms with Crippen molar-refractivity contribution in [2.45, 2.75) is 26.3 Å². The first-order valence-electron chi connectivity index (χ1n) is 9.25. The summed E-state index contributed by atoms with van der Waals surface area (Å²) in [5, 5.41) is 2.88. The van der Waals surface area contributed by atoms with Crippen molar-refractivity contribution in [3.8, 4) is 5.75 Å². The fraction of sp³-hybridized carbons (Fsp3) is 0.474. The van der Waals surface area contributed by atoms with E-state index in [2.05, 4.69) is 25.2 Å². The number of carbonyl (C=O) groups is 1. The molecule has 2 aromatic rings. The van der Waals surface area contributed by atoms with Gasteiger partial charge in [-0.2, -0.15) is 15.0 Å². The van der Waals surface area contributed by atoms with Crippen LogP contribution >= 0.6 is 0 Å². The molecule has 0 spiro atoms. The molecule has 1 fully saturated rings. The summed E-state index contributed by atoms with van der Waals surface area (Å²) in [7, 11) is 3.79. The second kappa shape index (κ2) is 8.66. The van der Waals surface area contributed by atoms with Crippen molar-refractivity contribution in [1.29, 1.82) is 0 Å². The molecule has 0 unspecified atom stereocenters. The maximum atomic E-state index is 12.4. The third-order valence-corrected chi connectivity index (χ3v) is 4.28. The molecule has 1 aromatic carbocycles. The number of carbonyl (C=O) groups excluding carboxylic acids is 1. The van der Waals surface area contributed by atoms with Crippen LogP contribution in [0.15, 0.2) is 24.3 Å². The average molecular weight is 370 g/mol. The van der Waals surface area contributed by atoms with Crippen molar-refractivity contribution >= 4 is 17.8 Å². The van der Waals surface area contributed by atoms with Crippen LogP contribution < -0.4 is 19.9 Å². The van der Waals surface area contributed by atoms with Crippen molar-refractivity contribution < 1.29 is 9.53 Å². The monoisotopic (exact) mass is 370 g/mol. The van der Waals surface area contributed by atoms with E-state index in [1.165, 1.54) is 0 Å². The van der Waals surface area contributed by atoms with Gasteiger partial charge < -0.3 is 19.9 Å². The van der Waals surface area contributed by atoms with Crippen molar-refractivity contribution in [2.75, 3.05) is 43.6 Å². The minimum Gasteiger partial charge on any atom is -0.494 e. The molecular formula is C19H26N6O2. The lowest BCUT2D eigenvalue weighted by atomic mass is 10.2. The SMILES string of the molecule is CCOc1ccc(C(=O)NCc2nc(N(C)C)nc(N3CCCC3)n2)cc1. The lowest BCUT2D eigenvalue weighted by Gasteiger charge is -2.19. The van der Waals surface area contributed by atoms with E-state index in [1.807, 2.05) is 25.9 Å². The van der Waals surface area contributed by atoms with Gasteiger partial charge in [0, 0.05) is 32.7 Å². The molecule has 144 valence electrons. The Bertz CT molecular complexity index is 772. The van der Waals surface area contributed by atoms with E-state index < -0.39 is 0 Å². The Morgan fingerprint density at radius 1 is 1.15 bits per heavy atom. The van der Waals surface area contributed by atoms with Crippen LogP contribution in [0.4, 0.5) is 11.9 Å². The lowest BCUT2D eigenvalue weighted by molar-refractivity contribution is 0.0950. The molecule has 1 aliphatic rings. The molecule has 0 radical (unpaired) electrons. The topological polar surface area (TPSA) is 83.5 Å². The Morgan fingerprint density at radius 2 is 1.85 bits per heavy atom. The van der Waals surface area contributed by atoms with Crippen molar-refractivity contribution in [3.63, 3.8) is 0 Å². The number of nitrogens with zero attached hydrogens (tertiary/aromatic N) is 5. The van der Waals surface area contributed by atoms with Gasteiger partial charge in [-0.1, -0.05) is 0 Å². The molecule has 1 aromatic heterocycles. The average Bonchev–Trinajstić information content (AvgIpc) is 3.21. The second-order valence-electron chi connectivity index (χ2n) is 6.58. The van der Waals surface area contributed by atoms with Crippen LogP contribution in [0.5, 0.6) is 5.75 Å². The second-order valence-corrected chi connectivity index (χ2v) is 6.58. The Balaban J connectivity index is 1.69. The van der Waals surface area contributed by atoms with E-state index in [1.54, 1.807) is 24.3 Å². The molecule has 1 amide bonds. The molecule has 0 saturated carbocycles. The summed E-state index contributed by atoms with van der Waals surface area (Å²) in [5.74, 6) is 2.40. The summed E-state index contributed by atoms with van der Waals surface area (Å²) in [6, 6.07) is 7.07. The summed E-state index contributed by atoms with van der Waals surface area (Å²) < 4.78 is 5.40. The summed E-state index contributed by atoms with van der Waals surface area (Å²) in [4.78, 5) is 29.9. The molecule has 1 N–H and O–H groups in total. The third kappa shape index (κ3) is 4.84. The summed E-state index contributed by atoms with van der Waals surface area (Å²) >= 11 is 0. The highest BCUT2D eigenvalue weighted by Crippen LogP contribution is 2.18. The standard InChI is InChI=1S/C19H26N6O2/c1-4-27-15-9-7-14(8-10-15)17(26)20-13-16-21-18(24(2)3)23-19(22-16)25-11-5-6-12-25/h7-10H,4-6,11-13H2,1-3H3,(H,20,26). The lowest BCUT2D eigenvalue weighted by Crippen LogP contribution is -2.27. The predicted octanol–water partition coefficient (Wildman–Crippen LogP) is 1.87. The van der Waals surface area contributed by atoms with Gasteiger partial charge in [0.15, 0.2) is 5.82 Å². The molecule has 1 aliphatic heterocycles. The van der Waals surface area contributed by atoms with Gasteiger partial charge in [-0.25, -0.2) is 0 Å². The largest absolute Gasteiger partial charge is 0.494 e.